The Morgan fingerprint density at radius 3 is 2.53 bits per heavy atom. The Labute approximate surface area is 171 Å². The smallest absolute Gasteiger partial charge is 0.356 e. The molecule has 1 aromatic heterocycles. The van der Waals surface area contributed by atoms with Crippen LogP contribution in [0.25, 0.3) is 0 Å². The minimum Gasteiger partial charge on any atom is -0.356 e. The number of rotatable bonds is 3. The molecule has 0 radical (unpaired) electrons. The summed E-state index contributed by atoms with van der Waals surface area (Å²) in [7, 11) is 0. The normalized spacial score (nSPS) is 16.8. The fourth-order valence-corrected chi connectivity index (χ4v) is 3.48. The van der Waals surface area contributed by atoms with Crippen molar-refractivity contribution in [2.24, 2.45) is 0 Å². The maximum Gasteiger partial charge on any atom is 0.418 e. The second-order valence-corrected chi connectivity index (χ2v) is 7.51. The first-order valence-electron chi connectivity index (χ1n) is 9.56. The summed E-state index contributed by atoms with van der Waals surface area (Å²) in [6, 6.07) is 7.57. The summed E-state index contributed by atoms with van der Waals surface area (Å²) in [6.07, 6.45) is -5.31. The Morgan fingerprint density at radius 2 is 1.87 bits per heavy atom. The van der Waals surface area contributed by atoms with E-state index in [0.717, 1.165) is 11.6 Å². The van der Waals surface area contributed by atoms with Crippen molar-refractivity contribution in [3.8, 4) is 0 Å². The van der Waals surface area contributed by atoms with Crippen LogP contribution in [0, 0.1) is 13.8 Å². The molecule has 1 fully saturated rings. The molecule has 1 saturated heterocycles. The molecular formula is C21H22F5N3O. The van der Waals surface area contributed by atoms with Gasteiger partial charge in [0.1, 0.15) is 5.82 Å². The average molecular weight is 427 g/mol. The predicted octanol–water partition coefficient (Wildman–Crippen LogP) is 5.60. The zero-order chi connectivity index (χ0) is 22.1. The number of halogens is 5. The van der Waals surface area contributed by atoms with Crippen molar-refractivity contribution in [3.05, 3.63) is 52.7 Å². The molecule has 162 valence electrons. The van der Waals surface area contributed by atoms with Crippen LogP contribution in [0.3, 0.4) is 0 Å². The van der Waals surface area contributed by atoms with E-state index >= 15 is 0 Å². The second kappa shape index (κ2) is 8.20. The van der Waals surface area contributed by atoms with Crippen LogP contribution in [-0.2, 0) is 6.18 Å². The number of nitrogens with zero attached hydrogens (tertiary/aromatic N) is 2. The van der Waals surface area contributed by atoms with E-state index in [9.17, 15) is 26.7 Å². The molecule has 1 amide bonds. The lowest BCUT2D eigenvalue weighted by Crippen LogP contribution is -2.30. The molecule has 0 spiro atoms. The van der Waals surface area contributed by atoms with Gasteiger partial charge in [0, 0.05) is 31.6 Å². The molecule has 3 rings (SSSR count). The van der Waals surface area contributed by atoms with Crippen LogP contribution in [-0.4, -0.2) is 29.9 Å². The third-order valence-electron chi connectivity index (χ3n) is 5.04. The molecule has 1 N–H and O–H groups in total. The van der Waals surface area contributed by atoms with Gasteiger partial charge in [-0.3, -0.25) is 4.79 Å². The van der Waals surface area contributed by atoms with Gasteiger partial charge >= 0.3 is 6.18 Å². The Hall–Kier alpha value is -2.71. The van der Waals surface area contributed by atoms with E-state index in [1.807, 2.05) is 13.0 Å². The maximum absolute atomic E-state index is 13.8. The van der Waals surface area contributed by atoms with Gasteiger partial charge in [0.15, 0.2) is 0 Å². The van der Waals surface area contributed by atoms with Crippen LogP contribution in [0.4, 0.5) is 33.5 Å². The lowest BCUT2D eigenvalue weighted by molar-refractivity contribution is -0.138. The lowest BCUT2D eigenvalue weighted by Gasteiger charge is -2.25. The Morgan fingerprint density at radius 1 is 1.13 bits per heavy atom. The molecule has 2 heterocycles. The average Bonchev–Trinajstić information content (AvgIpc) is 2.81. The van der Waals surface area contributed by atoms with E-state index in [0.29, 0.717) is 5.69 Å². The van der Waals surface area contributed by atoms with E-state index in [1.54, 1.807) is 18.2 Å². The zero-order valence-corrected chi connectivity index (χ0v) is 16.6. The monoisotopic (exact) mass is 427 g/mol. The first-order valence-corrected chi connectivity index (χ1v) is 9.56. The molecule has 30 heavy (non-hydrogen) atoms. The first-order chi connectivity index (χ1) is 14.0. The summed E-state index contributed by atoms with van der Waals surface area (Å²) >= 11 is 0. The van der Waals surface area contributed by atoms with Crippen LogP contribution in [0.2, 0.25) is 0 Å². The number of aromatic nitrogens is 1. The molecule has 4 nitrogen and oxygen atoms in total. The fraction of sp³-hybridized carbons (Fsp3) is 0.429. The van der Waals surface area contributed by atoms with Crippen molar-refractivity contribution in [3.63, 3.8) is 0 Å². The van der Waals surface area contributed by atoms with Crippen molar-refractivity contribution in [1.29, 1.82) is 0 Å². The maximum atomic E-state index is 13.8. The van der Waals surface area contributed by atoms with Gasteiger partial charge in [0.25, 0.3) is 5.91 Å². The summed E-state index contributed by atoms with van der Waals surface area (Å²) in [5.74, 6) is -3.63. The van der Waals surface area contributed by atoms with Gasteiger partial charge in [0.2, 0.25) is 5.92 Å². The number of alkyl halides is 5. The van der Waals surface area contributed by atoms with Crippen LogP contribution in [0.5, 0.6) is 0 Å². The third-order valence-corrected chi connectivity index (χ3v) is 5.04. The van der Waals surface area contributed by atoms with Gasteiger partial charge in [-0.25, -0.2) is 13.8 Å². The van der Waals surface area contributed by atoms with Crippen molar-refractivity contribution in [2.45, 2.75) is 45.2 Å². The van der Waals surface area contributed by atoms with E-state index < -0.39 is 30.0 Å². The molecule has 1 aliphatic heterocycles. The lowest BCUT2D eigenvalue weighted by atomic mass is 10.1. The number of carbonyl (C=O) groups is 1. The Balaban J connectivity index is 2.02. The molecule has 2 aromatic rings. The van der Waals surface area contributed by atoms with Crippen molar-refractivity contribution in [2.75, 3.05) is 23.3 Å². The Bertz CT molecular complexity index is 943. The molecule has 0 unspecified atom stereocenters. The van der Waals surface area contributed by atoms with Crippen molar-refractivity contribution < 1.29 is 26.7 Å². The first kappa shape index (κ1) is 22.0. The zero-order valence-electron chi connectivity index (χ0n) is 16.6. The molecule has 0 aliphatic carbocycles. The number of aryl methyl sites for hydroxylation is 2. The van der Waals surface area contributed by atoms with Crippen LogP contribution < -0.4 is 10.2 Å². The minimum atomic E-state index is -4.69. The van der Waals surface area contributed by atoms with Gasteiger partial charge < -0.3 is 10.2 Å². The molecule has 0 saturated carbocycles. The molecule has 1 aromatic carbocycles. The van der Waals surface area contributed by atoms with E-state index in [4.69, 9.17) is 0 Å². The largest absolute Gasteiger partial charge is 0.418 e. The molecule has 0 bridgehead atoms. The highest BCUT2D eigenvalue weighted by molar-refractivity contribution is 6.07. The third kappa shape index (κ3) is 5.06. The summed E-state index contributed by atoms with van der Waals surface area (Å²) < 4.78 is 67.8. The van der Waals surface area contributed by atoms with Gasteiger partial charge in [-0.15, -0.1) is 0 Å². The number of pyridine rings is 1. The molecule has 1 aliphatic rings. The van der Waals surface area contributed by atoms with Gasteiger partial charge in [-0.2, -0.15) is 13.2 Å². The quantitative estimate of drug-likeness (QED) is 0.649. The number of hydrogen-bond acceptors (Lipinski definition) is 3. The standard InChI is InChI=1S/C21H22F5N3O/c1-13-5-3-6-15(11-13)28-19(30)16-12-17(21(24,25)26)14(2)27-18(16)29-9-4-7-20(22,23)8-10-29/h3,5-6,11-12H,4,7-10H2,1-2H3,(H,28,30). The number of anilines is 2. The SMILES string of the molecule is Cc1cccc(NC(=O)c2cc(C(F)(F)F)c(C)nc2N2CCCC(F)(F)CC2)c1. The highest BCUT2D eigenvalue weighted by Crippen LogP contribution is 2.36. The van der Waals surface area contributed by atoms with Crippen molar-refractivity contribution >= 4 is 17.4 Å². The van der Waals surface area contributed by atoms with E-state index in [2.05, 4.69) is 10.3 Å². The van der Waals surface area contributed by atoms with Crippen LogP contribution >= 0.6 is 0 Å². The summed E-state index contributed by atoms with van der Waals surface area (Å²) in [5.41, 5.74) is -0.343. The highest BCUT2D eigenvalue weighted by Gasteiger charge is 2.37. The van der Waals surface area contributed by atoms with E-state index in [-0.39, 0.29) is 43.0 Å². The predicted molar refractivity (Wildman–Crippen MR) is 104 cm³/mol. The Kier molecular flexibility index (Phi) is 6.01. The summed E-state index contributed by atoms with van der Waals surface area (Å²) in [4.78, 5) is 18.4. The number of benzene rings is 1. The van der Waals surface area contributed by atoms with Gasteiger partial charge in [-0.05, 0) is 44.0 Å². The second-order valence-electron chi connectivity index (χ2n) is 7.51. The van der Waals surface area contributed by atoms with Gasteiger partial charge in [0.05, 0.1) is 16.8 Å². The number of nitrogens with one attached hydrogen (secondary N) is 1. The number of carbonyl (C=O) groups excluding carboxylic acids is 1. The van der Waals surface area contributed by atoms with Crippen molar-refractivity contribution in [1.82, 2.24) is 4.98 Å². The molecular weight excluding hydrogens is 405 g/mol. The summed E-state index contributed by atoms with van der Waals surface area (Å²) in [6.45, 7) is 3.09. The number of amides is 1. The molecule has 0 atom stereocenters. The topological polar surface area (TPSA) is 45.2 Å². The van der Waals surface area contributed by atoms with Crippen LogP contribution in [0.1, 0.15) is 46.4 Å². The number of hydrogen-bond donors (Lipinski definition) is 1. The van der Waals surface area contributed by atoms with E-state index in [1.165, 1.54) is 11.8 Å². The highest BCUT2D eigenvalue weighted by atomic mass is 19.4. The fourth-order valence-electron chi connectivity index (χ4n) is 3.48. The minimum absolute atomic E-state index is 0.0108. The van der Waals surface area contributed by atoms with Gasteiger partial charge in [-0.1, -0.05) is 12.1 Å². The summed E-state index contributed by atoms with van der Waals surface area (Å²) in [5, 5.41) is 2.59. The molecule has 9 heteroatoms. The van der Waals surface area contributed by atoms with Crippen LogP contribution in [0.15, 0.2) is 30.3 Å².